The van der Waals surface area contributed by atoms with E-state index in [0.29, 0.717) is 27.6 Å². The average molecular weight is 408 g/mol. The molecular weight excluding hydrogens is 386 g/mol. The van der Waals surface area contributed by atoms with Gasteiger partial charge in [0.15, 0.2) is 11.2 Å². The van der Waals surface area contributed by atoms with Crippen molar-refractivity contribution in [2.24, 2.45) is 5.92 Å². The Morgan fingerprint density at radius 1 is 1.07 bits per heavy atom. The van der Waals surface area contributed by atoms with Crippen molar-refractivity contribution in [1.29, 1.82) is 0 Å². The van der Waals surface area contributed by atoms with Crippen molar-refractivity contribution in [3.05, 3.63) is 57.6 Å². The van der Waals surface area contributed by atoms with E-state index in [4.69, 9.17) is 11.6 Å². The molecule has 0 spiro atoms. The zero-order valence-corrected chi connectivity index (χ0v) is 17.2. The van der Waals surface area contributed by atoms with E-state index in [0.717, 1.165) is 36.1 Å². The van der Waals surface area contributed by atoms with E-state index >= 15 is 0 Å². The molecule has 6 nitrogen and oxygen atoms in total. The molecule has 1 aliphatic carbocycles. The number of aryl methyl sites for hydroxylation is 1. The topological polar surface area (TPSA) is 65.1 Å². The molecule has 0 amide bonds. The predicted molar refractivity (Wildman–Crippen MR) is 114 cm³/mol. The van der Waals surface area contributed by atoms with Crippen LogP contribution in [0.2, 0.25) is 5.02 Å². The smallest absolute Gasteiger partial charge is 0.280 e. The summed E-state index contributed by atoms with van der Waals surface area (Å²) in [5, 5.41) is 14.1. The standard InChI is InChI=1S/C22H22ClN5O/c1-13-5-3-4-6-17(13)27-12-11-18-20(22(27)29)24-25-21-19(14(2)26-28(18)21)15-7-9-16(23)10-8-15/h7-13,17H,3-6H2,1-2H3/t13-,17-/m0/s1. The molecule has 2 atom stereocenters. The zero-order chi connectivity index (χ0) is 20.1. The fourth-order valence-corrected chi connectivity index (χ4v) is 4.72. The first-order valence-corrected chi connectivity index (χ1v) is 10.4. The van der Waals surface area contributed by atoms with E-state index in [1.54, 1.807) is 4.52 Å². The highest BCUT2D eigenvalue weighted by atomic mass is 35.5. The predicted octanol–water partition coefficient (Wildman–Crippen LogP) is 4.82. The molecule has 7 heteroatoms. The molecular formula is C22H22ClN5O. The molecule has 4 aromatic rings. The third-order valence-corrected chi connectivity index (χ3v) is 6.39. The van der Waals surface area contributed by atoms with Gasteiger partial charge in [0, 0.05) is 17.3 Å². The lowest BCUT2D eigenvalue weighted by molar-refractivity contribution is 0.253. The van der Waals surface area contributed by atoms with E-state index in [1.165, 1.54) is 6.42 Å². The summed E-state index contributed by atoms with van der Waals surface area (Å²) in [6, 6.07) is 9.75. The van der Waals surface area contributed by atoms with Gasteiger partial charge < -0.3 is 4.57 Å². The lowest BCUT2D eigenvalue weighted by Crippen LogP contribution is -2.31. The van der Waals surface area contributed by atoms with Crippen LogP contribution in [-0.4, -0.2) is 24.4 Å². The van der Waals surface area contributed by atoms with Gasteiger partial charge in [-0.15, -0.1) is 10.2 Å². The van der Waals surface area contributed by atoms with Crippen LogP contribution < -0.4 is 5.56 Å². The van der Waals surface area contributed by atoms with E-state index < -0.39 is 0 Å². The highest BCUT2D eigenvalue weighted by Crippen LogP contribution is 2.33. The van der Waals surface area contributed by atoms with Crippen molar-refractivity contribution in [2.45, 2.75) is 45.6 Å². The van der Waals surface area contributed by atoms with Crippen molar-refractivity contribution in [2.75, 3.05) is 0 Å². The molecule has 0 unspecified atom stereocenters. The fraction of sp³-hybridized carbons (Fsp3) is 0.364. The largest absolute Gasteiger partial charge is 0.310 e. The summed E-state index contributed by atoms with van der Waals surface area (Å²) in [7, 11) is 0. The number of halogens is 1. The minimum Gasteiger partial charge on any atom is -0.310 e. The molecule has 1 saturated carbocycles. The molecule has 0 radical (unpaired) electrons. The van der Waals surface area contributed by atoms with Crippen molar-refractivity contribution >= 4 is 28.3 Å². The minimum absolute atomic E-state index is 0.0863. The third-order valence-electron chi connectivity index (χ3n) is 6.14. The molecule has 0 bridgehead atoms. The van der Waals surface area contributed by atoms with Crippen LogP contribution in [0, 0.1) is 12.8 Å². The maximum atomic E-state index is 13.2. The second kappa shape index (κ2) is 6.95. The van der Waals surface area contributed by atoms with E-state index in [1.807, 2.05) is 48.0 Å². The Balaban J connectivity index is 1.70. The number of aromatic nitrogens is 5. The Bertz CT molecular complexity index is 1270. The summed E-state index contributed by atoms with van der Waals surface area (Å²) < 4.78 is 3.58. The molecule has 148 valence electrons. The Hall–Kier alpha value is -2.73. The molecule has 0 saturated heterocycles. The summed E-state index contributed by atoms with van der Waals surface area (Å²) >= 11 is 6.03. The van der Waals surface area contributed by atoms with Gasteiger partial charge in [-0.05, 0) is 49.4 Å². The lowest BCUT2D eigenvalue weighted by Gasteiger charge is -2.30. The van der Waals surface area contributed by atoms with Crippen molar-refractivity contribution in [3.63, 3.8) is 0 Å². The van der Waals surface area contributed by atoms with Crippen LogP contribution in [0.15, 0.2) is 41.3 Å². The van der Waals surface area contributed by atoms with Gasteiger partial charge in [0.25, 0.3) is 5.56 Å². The summed E-state index contributed by atoms with van der Waals surface area (Å²) in [6.45, 7) is 4.17. The summed E-state index contributed by atoms with van der Waals surface area (Å²) in [5.74, 6) is 0.485. The van der Waals surface area contributed by atoms with Gasteiger partial charge in [-0.1, -0.05) is 43.5 Å². The van der Waals surface area contributed by atoms with Gasteiger partial charge in [0.05, 0.1) is 11.3 Å². The van der Waals surface area contributed by atoms with Crippen LogP contribution in [0.5, 0.6) is 0 Å². The SMILES string of the molecule is Cc1nn2c(nnc3c(=O)n([C@H]4CCCC[C@@H]4C)ccc32)c1-c1ccc(Cl)cc1. The summed E-state index contributed by atoms with van der Waals surface area (Å²) in [6.07, 6.45) is 6.48. The number of hydrogen-bond donors (Lipinski definition) is 0. The quantitative estimate of drug-likeness (QED) is 0.478. The van der Waals surface area contributed by atoms with Crippen LogP contribution in [0.25, 0.3) is 27.8 Å². The van der Waals surface area contributed by atoms with Crippen molar-refractivity contribution in [1.82, 2.24) is 24.4 Å². The average Bonchev–Trinajstić information content (AvgIpc) is 3.06. The molecule has 1 fully saturated rings. The lowest BCUT2D eigenvalue weighted by atomic mass is 9.85. The number of fused-ring (bicyclic) bond motifs is 3. The maximum Gasteiger partial charge on any atom is 0.280 e. The highest BCUT2D eigenvalue weighted by molar-refractivity contribution is 6.30. The molecule has 3 aromatic heterocycles. The van der Waals surface area contributed by atoms with Crippen molar-refractivity contribution in [3.8, 4) is 11.1 Å². The van der Waals surface area contributed by atoms with Crippen LogP contribution >= 0.6 is 11.6 Å². The fourth-order valence-electron chi connectivity index (χ4n) is 4.59. The van der Waals surface area contributed by atoms with Gasteiger partial charge in [-0.3, -0.25) is 4.79 Å². The number of pyridine rings is 1. The van der Waals surface area contributed by atoms with Gasteiger partial charge >= 0.3 is 0 Å². The van der Waals surface area contributed by atoms with Gasteiger partial charge in [0.2, 0.25) is 0 Å². The van der Waals surface area contributed by atoms with Gasteiger partial charge in [-0.2, -0.15) is 5.10 Å². The first kappa shape index (κ1) is 18.3. The van der Waals surface area contributed by atoms with Crippen LogP contribution in [0.3, 0.4) is 0 Å². The second-order valence-corrected chi connectivity index (χ2v) is 8.43. The van der Waals surface area contributed by atoms with E-state index in [9.17, 15) is 4.79 Å². The number of nitrogens with zero attached hydrogens (tertiary/aromatic N) is 5. The summed E-state index contributed by atoms with van der Waals surface area (Å²) in [4.78, 5) is 13.2. The molecule has 0 N–H and O–H groups in total. The summed E-state index contributed by atoms with van der Waals surface area (Å²) in [5.41, 5.74) is 4.31. The Morgan fingerprint density at radius 3 is 2.59 bits per heavy atom. The first-order valence-electron chi connectivity index (χ1n) is 10.1. The normalized spacial score (nSPS) is 19.8. The van der Waals surface area contributed by atoms with Crippen LogP contribution in [0.4, 0.5) is 0 Å². The zero-order valence-electron chi connectivity index (χ0n) is 16.5. The van der Waals surface area contributed by atoms with Crippen molar-refractivity contribution < 1.29 is 0 Å². The van der Waals surface area contributed by atoms with Crippen LogP contribution in [0.1, 0.15) is 44.3 Å². The van der Waals surface area contributed by atoms with E-state index in [2.05, 4.69) is 22.2 Å². The number of benzene rings is 1. The highest BCUT2D eigenvalue weighted by Gasteiger charge is 2.25. The molecule has 1 aromatic carbocycles. The number of hydrogen-bond acceptors (Lipinski definition) is 4. The third kappa shape index (κ3) is 2.94. The Kier molecular flexibility index (Phi) is 4.39. The minimum atomic E-state index is -0.0863. The number of rotatable bonds is 2. The van der Waals surface area contributed by atoms with E-state index in [-0.39, 0.29) is 11.6 Å². The molecule has 3 heterocycles. The van der Waals surface area contributed by atoms with Crippen LogP contribution in [-0.2, 0) is 0 Å². The van der Waals surface area contributed by atoms with Gasteiger partial charge in [-0.25, -0.2) is 4.52 Å². The Morgan fingerprint density at radius 2 is 1.83 bits per heavy atom. The second-order valence-electron chi connectivity index (χ2n) is 7.99. The molecule has 29 heavy (non-hydrogen) atoms. The Labute approximate surface area is 173 Å². The molecule has 1 aliphatic rings. The molecule has 5 rings (SSSR count). The monoisotopic (exact) mass is 407 g/mol. The maximum absolute atomic E-state index is 13.2. The first-order chi connectivity index (χ1) is 14.0. The van der Waals surface area contributed by atoms with Gasteiger partial charge in [0.1, 0.15) is 5.52 Å². The molecule has 0 aliphatic heterocycles.